The molecule has 0 aromatic carbocycles. The Morgan fingerprint density at radius 3 is 2.42 bits per heavy atom. The third kappa shape index (κ3) is 1.78. The Labute approximate surface area is 71.5 Å². The number of aryl methyl sites for hydroxylation is 1. The van der Waals surface area contributed by atoms with Crippen molar-refractivity contribution in [3.8, 4) is 0 Å². The van der Waals surface area contributed by atoms with Gasteiger partial charge in [0.1, 0.15) is 0 Å². The van der Waals surface area contributed by atoms with Crippen LogP contribution in [0.3, 0.4) is 0 Å². The lowest BCUT2D eigenvalue weighted by atomic mass is 10.1. The predicted molar refractivity (Wildman–Crippen MR) is 40.1 cm³/mol. The summed E-state index contributed by atoms with van der Waals surface area (Å²) in [5, 5.41) is 10.3. The maximum Gasteiger partial charge on any atom is 0.418 e. The first-order chi connectivity index (χ1) is 5.43. The number of rotatable bonds is 1. The van der Waals surface area contributed by atoms with Gasteiger partial charge in [-0.1, -0.05) is 0 Å². The summed E-state index contributed by atoms with van der Waals surface area (Å²) in [5.74, 6) is 0. The summed E-state index contributed by atoms with van der Waals surface area (Å²) in [6, 6.07) is 1.29. The van der Waals surface area contributed by atoms with Crippen LogP contribution in [0.15, 0.2) is 11.4 Å². The van der Waals surface area contributed by atoms with Crippen LogP contribution in [0.4, 0.5) is 13.2 Å². The average molecular weight is 196 g/mol. The molecule has 0 fully saturated rings. The van der Waals surface area contributed by atoms with Crippen LogP contribution >= 0.6 is 11.3 Å². The van der Waals surface area contributed by atoms with Crippen molar-refractivity contribution in [1.82, 2.24) is 0 Å². The number of alkyl halides is 3. The van der Waals surface area contributed by atoms with Gasteiger partial charge in [0, 0.05) is 10.4 Å². The quantitative estimate of drug-likeness (QED) is 0.732. The Bertz CT molecular complexity index is 266. The molecule has 68 valence electrons. The number of hydrogen-bond acceptors (Lipinski definition) is 2. The standard InChI is InChI=1S/C7H7F3OS/c1-4-5(2-3-12-4)6(11)7(8,9)10/h2-3,6,11H,1H3/t6-/m0/s1. The number of hydrogen-bond donors (Lipinski definition) is 1. The lowest BCUT2D eigenvalue weighted by molar-refractivity contribution is -0.206. The highest BCUT2D eigenvalue weighted by Gasteiger charge is 2.40. The fraction of sp³-hybridized carbons (Fsp3) is 0.429. The molecule has 5 heteroatoms. The number of thiophene rings is 1. The number of aliphatic hydroxyl groups excluding tert-OH is 1. The van der Waals surface area contributed by atoms with Gasteiger partial charge in [-0.3, -0.25) is 0 Å². The highest BCUT2D eigenvalue weighted by Crippen LogP contribution is 2.35. The van der Waals surface area contributed by atoms with E-state index in [4.69, 9.17) is 5.11 Å². The molecule has 1 aromatic heterocycles. The first-order valence-electron chi connectivity index (χ1n) is 3.21. The van der Waals surface area contributed by atoms with Crippen LogP contribution in [0.5, 0.6) is 0 Å². The third-order valence-corrected chi connectivity index (χ3v) is 2.37. The summed E-state index contributed by atoms with van der Waals surface area (Å²) < 4.78 is 35.8. The van der Waals surface area contributed by atoms with E-state index in [0.717, 1.165) is 0 Å². The van der Waals surface area contributed by atoms with Gasteiger partial charge in [0.05, 0.1) is 0 Å². The van der Waals surface area contributed by atoms with Gasteiger partial charge in [-0.2, -0.15) is 13.2 Å². The summed E-state index contributed by atoms with van der Waals surface area (Å²) in [6.45, 7) is 1.55. The molecule has 0 aliphatic rings. The van der Waals surface area contributed by atoms with Crippen molar-refractivity contribution in [3.05, 3.63) is 21.9 Å². The minimum Gasteiger partial charge on any atom is -0.379 e. The van der Waals surface area contributed by atoms with Crippen LogP contribution in [0, 0.1) is 6.92 Å². The summed E-state index contributed by atoms with van der Waals surface area (Å²) in [6.07, 6.45) is -6.91. The molecule has 1 rings (SSSR count). The van der Waals surface area contributed by atoms with Crippen LogP contribution in [0.2, 0.25) is 0 Å². The molecule has 1 N–H and O–H groups in total. The minimum absolute atomic E-state index is 0.0486. The van der Waals surface area contributed by atoms with Crippen molar-refractivity contribution in [2.24, 2.45) is 0 Å². The van der Waals surface area contributed by atoms with Crippen LogP contribution in [0.25, 0.3) is 0 Å². The second kappa shape index (κ2) is 3.06. The maximum atomic E-state index is 11.9. The van der Waals surface area contributed by atoms with Crippen molar-refractivity contribution >= 4 is 11.3 Å². The first kappa shape index (κ1) is 9.54. The molecule has 0 bridgehead atoms. The summed E-state index contributed by atoms with van der Waals surface area (Å²) in [5.41, 5.74) is -0.0486. The third-order valence-electron chi connectivity index (χ3n) is 1.50. The molecule has 0 spiro atoms. The molecule has 0 saturated heterocycles. The maximum absolute atomic E-state index is 11.9. The van der Waals surface area contributed by atoms with Gasteiger partial charge in [-0.25, -0.2) is 0 Å². The molecule has 1 heterocycles. The SMILES string of the molecule is Cc1sccc1[C@H](O)C(F)(F)F. The van der Waals surface area contributed by atoms with Crippen molar-refractivity contribution < 1.29 is 18.3 Å². The van der Waals surface area contributed by atoms with E-state index in [1.54, 1.807) is 6.92 Å². The monoisotopic (exact) mass is 196 g/mol. The fourth-order valence-electron chi connectivity index (χ4n) is 0.855. The Hall–Kier alpha value is -0.550. The largest absolute Gasteiger partial charge is 0.418 e. The Kier molecular flexibility index (Phi) is 2.44. The first-order valence-corrected chi connectivity index (χ1v) is 4.09. The van der Waals surface area contributed by atoms with Gasteiger partial charge in [0.25, 0.3) is 0 Å². The highest BCUT2D eigenvalue weighted by molar-refractivity contribution is 7.10. The lowest BCUT2D eigenvalue weighted by Gasteiger charge is -2.13. The zero-order chi connectivity index (χ0) is 9.35. The van der Waals surface area contributed by atoms with E-state index in [9.17, 15) is 13.2 Å². The second-order valence-electron chi connectivity index (χ2n) is 2.38. The van der Waals surface area contributed by atoms with Crippen LogP contribution in [0.1, 0.15) is 16.5 Å². The smallest absolute Gasteiger partial charge is 0.379 e. The topological polar surface area (TPSA) is 20.2 Å². The van der Waals surface area contributed by atoms with Crippen LogP contribution < -0.4 is 0 Å². The minimum atomic E-state index is -4.56. The molecule has 0 saturated carbocycles. The van der Waals surface area contributed by atoms with Crippen molar-refractivity contribution in [2.75, 3.05) is 0 Å². The summed E-state index contributed by atoms with van der Waals surface area (Å²) >= 11 is 1.19. The molecule has 0 aliphatic heterocycles. The average Bonchev–Trinajstić information content (AvgIpc) is 2.31. The van der Waals surface area contributed by atoms with Crippen LogP contribution in [-0.2, 0) is 0 Å². The molecule has 12 heavy (non-hydrogen) atoms. The van der Waals surface area contributed by atoms with Crippen LogP contribution in [-0.4, -0.2) is 11.3 Å². The van der Waals surface area contributed by atoms with Gasteiger partial charge in [0.2, 0.25) is 0 Å². The van der Waals surface area contributed by atoms with Gasteiger partial charge >= 0.3 is 6.18 Å². The van der Waals surface area contributed by atoms with Crippen molar-refractivity contribution in [2.45, 2.75) is 19.2 Å². The molecule has 0 unspecified atom stereocenters. The number of aliphatic hydroxyl groups is 1. The van der Waals surface area contributed by atoms with E-state index < -0.39 is 12.3 Å². The molecule has 1 aromatic rings. The van der Waals surface area contributed by atoms with Gasteiger partial charge < -0.3 is 5.11 Å². The van der Waals surface area contributed by atoms with Crippen molar-refractivity contribution in [1.29, 1.82) is 0 Å². The van der Waals surface area contributed by atoms with E-state index in [2.05, 4.69) is 0 Å². The number of halogens is 3. The van der Waals surface area contributed by atoms with E-state index in [1.165, 1.54) is 22.8 Å². The molecular weight excluding hydrogens is 189 g/mol. The molecule has 0 aliphatic carbocycles. The molecule has 0 amide bonds. The van der Waals surface area contributed by atoms with Gasteiger partial charge in [0.15, 0.2) is 6.10 Å². The normalized spacial score (nSPS) is 14.8. The molecular formula is C7H7F3OS. The predicted octanol–water partition coefficient (Wildman–Crippen LogP) is 2.65. The van der Waals surface area contributed by atoms with E-state index in [0.29, 0.717) is 4.88 Å². The summed E-state index contributed by atoms with van der Waals surface area (Å²) in [7, 11) is 0. The van der Waals surface area contributed by atoms with Gasteiger partial charge in [-0.05, 0) is 18.4 Å². The van der Waals surface area contributed by atoms with Gasteiger partial charge in [-0.15, -0.1) is 11.3 Å². The molecule has 1 nitrogen and oxygen atoms in total. The summed E-state index contributed by atoms with van der Waals surface area (Å²) in [4.78, 5) is 0.500. The Morgan fingerprint density at radius 2 is 2.08 bits per heavy atom. The molecule has 1 atom stereocenters. The van der Waals surface area contributed by atoms with E-state index >= 15 is 0 Å². The Balaban J connectivity index is 2.92. The zero-order valence-electron chi connectivity index (χ0n) is 6.22. The molecule has 0 radical (unpaired) electrons. The van der Waals surface area contributed by atoms with Crippen molar-refractivity contribution in [3.63, 3.8) is 0 Å². The zero-order valence-corrected chi connectivity index (χ0v) is 7.04. The highest BCUT2D eigenvalue weighted by atomic mass is 32.1. The Morgan fingerprint density at radius 1 is 1.50 bits per heavy atom. The lowest BCUT2D eigenvalue weighted by Crippen LogP contribution is -2.20. The van der Waals surface area contributed by atoms with E-state index in [1.807, 2.05) is 0 Å². The fourth-order valence-corrected chi connectivity index (χ4v) is 1.59. The second-order valence-corrected chi connectivity index (χ2v) is 3.50. The van der Waals surface area contributed by atoms with E-state index in [-0.39, 0.29) is 5.56 Å².